The van der Waals surface area contributed by atoms with Crippen molar-refractivity contribution in [2.45, 2.75) is 51.2 Å². The topological polar surface area (TPSA) is 71.1 Å². The number of fused-ring (bicyclic) bond motifs is 1. The van der Waals surface area contributed by atoms with E-state index in [1.54, 1.807) is 0 Å². The first-order chi connectivity index (χ1) is 14.1. The molecule has 1 aromatic rings. The minimum atomic E-state index is -0.789. The van der Waals surface area contributed by atoms with Gasteiger partial charge in [0.15, 0.2) is 17.6 Å². The number of hydrogen-bond donors (Lipinski definition) is 1. The number of amides is 3. The predicted octanol–water partition coefficient (Wildman–Crippen LogP) is 2.65. The molecule has 3 aliphatic rings. The molecule has 0 spiro atoms. The van der Waals surface area contributed by atoms with E-state index in [2.05, 4.69) is 17.1 Å². The van der Waals surface area contributed by atoms with Gasteiger partial charge in [-0.05, 0) is 63.4 Å². The maximum Gasteiger partial charge on any atom is 0.325 e. The van der Waals surface area contributed by atoms with E-state index in [1.807, 2.05) is 31.2 Å². The minimum absolute atomic E-state index is 0.110. The van der Waals surface area contributed by atoms with Crippen molar-refractivity contribution in [3.05, 3.63) is 24.3 Å². The van der Waals surface area contributed by atoms with Gasteiger partial charge in [-0.3, -0.25) is 9.69 Å². The van der Waals surface area contributed by atoms with Crippen LogP contribution in [0.2, 0.25) is 0 Å². The van der Waals surface area contributed by atoms with E-state index in [0.29, 0.717) is 24.5 Å². The molecule has 4 rings (SSSR count). The Balaban J connectivity index is 1.44. The van der Waals surface area contributed by atoms with Crippen LogP contribution in [-0.2, 0) is 4.79 Å². The van der Waals surface area contributed by atoms with Crippen molar-refractivity contribution in [2.24, 2.45) is 5.92 Å². The van der Waals surface area contributed by atoms with E-state index in [1.165, 1.54) is 4.90 Å². The van der Waals surface area contributed by atoms with Crippen LogP contribution in [0.4, 0.5) is 4.79 Å². The zero-order valence-electron chi connectivity index (χ0n) is 17.4. The Morgan fingerprint density at radius 1 is 1.14 bits per heavy atom. The highest BCUT2D eigenvalue weighted by Crippen LogP contribution is 2.37. The molecule has 7 heteroatoms. The molecule has 7 nitrogen and oxygen atoms in total. The minimum Gasteiger partial charge on any atom is -0.486 e. The lowest BCUT2D eigenvalue weighted by Gasteiger charge is -2.40. The third-order valence-electron chi connectivity index (χ3n) is 6.54. The predicted molar refractivity (Wildman–Crippen MR) is 109 cm³/mol. The van der Waals surface area contributed by atoms with E-state index in [0.717, 1.165) is 38.9 Å². The number of ether oxygens (including phenoxy) is 2. The number of para-hydroxylation sites is 2. The number of benzene rings is 1. The van der Waals surface area contributed by atoms with Crippen LogP contribution in [0, 0.1) is 5.92 Å². The zero-order chi connectivity index (χ0) is 20.4. The maximum absolute atomic E-state index is 13.4. The van der Waals surface area contributed by atoms with Crippen molar-refractivity contribution in [3.8, 4) is 11.5 Å². The number of rotatable bonds is 6. The van der Waals surface area contributed by atoms with Gasteiger partial charge in [0.2, 0.25) is 0 Å². The lowest BCUT2D eigenvalue weighted by molar-refractivity contribution is -0.135. The van der Waals surface area contributed by atoms with Crippen molar-refractivity contribution in [2.75, 3.05) is 32.8 Å². The van der Waals surface area contributed by atoms with Gasteiger partial charge in [-0.15, -0.1) is 0 Å². The molecule has 0 saturated carbocycles. The smallest absolute Gasteiger partial charge is 0.325 e. The van der Waals surface area contributed by atoms with E-state index in [4.69, 9.17) is 9.47 Å². The number of imide groups is 1. The molecule has 0 aliphatic carbocycles. The molecular formula is C22H31N3O4. The molecule has 0 aromatic heterocycles. The third-order valence-corrected chi connectivity index (χ3v) is 6.54. The molecule has 1 aromatic carbocycles. The Morgan fingerprint density at radius 3 is 2.55 bits per heavy atom. The normalized spacial score (nSPS) is 27.9. The average molecular weight is 402 g/mol. The molecule has 2 fully saturated rings. The van der Waals surface area contributed by atoms with Crippen molar-refractivity contribution < 1.29 is 19.1 Å². The fraction of sp³-hybridized carbons (Fsp3) is 0.636. The first kappa shape index (κ1) is 20.0. The molecule has 0 bridgehead atoms. The molecule has 1 N–H and O–H groups in total. The van der Waals surface area contributed by atoms with E-state index in [-0.39, 0.29) is 30.5 Å². The van der Waals surface area contributed by atoms with Gasteiger partial charge >= 0.3 is 6.03 Å². The Morgan fingerprint density at radius 2 is 1.86 bits per heavy atom. The maximum atomic E-state index is 13.4. The third kappa shape index (κ3) is 3.68. The summed E-state index contributed by atoms with van der Waals surface area (Å²) in [6, 6.07) is 7.16. The van der Waals surface area contributed by atoms with Crippen LogP contribution in [0.25, 0.3) is 0 Å². The number of piperidine rings is 1. The Bertz CT molecular complexity index is 762. The highest BCUT2D eigenvalue weighted by Gasteiger charge is 2.55. The number of nitrogens with zero attached hydrogens (tertiary/aromatic N) is 2. The number of urea groups is 1. The molecule has 2 atom stereocenters. The fourth-order valence-electron chi connectivity index (χ4n) is 4.94. The second-order valence-electron chi connectivity index (χ2n) is 8.28. The first-order valence-electron chi connectivity index (χ1n) is 10.8. The molecule has 0 radical (unpaired) electrons. The summed E-state index contributed by atoms with van der Waals surface area (Å²) in [5, 5.41) is 3.06. The molecule has 3 amide bonds. The summed E-state index contributed by atoms with van der Waals surface area (Å²) >= 11 is 0. The van der Waals surface area contributed by atoms with Gasteiger partial charge in [0.05, 0.1) is 6.54 Å². The van der Waals surface area contributed by atoms with Crippen LogP contribution in [-0.4, -0.2) is 66.2 Å². The van der Waals surface area contributed by atoms with E-state index >= 15 is 0 Å². The summed E-state index contributed by atoms with van der Waals surface area (Å²) in [4.78, 5) is 30.0. The fourth-order valence-corrected chi connectivity index (χ4v) is 4.94. The highest BCUT2D eigenvalue weighted by molar-refractivity contribution is 6.07. The zero-order valence-corrected chi connectivity index (χ0v) is 17.4. The van der Waals surface area contributed by atoms with Gasteiger partial charge in [-0.1, -0.05) is 26.0 Å². The average Bonchev–Trinajstić information content (AvgIpc) is 2.99. The van der Waals surface area contributed by atoms with Gasteiger partial charge in [0, 0.05) is 0 Å². The Hall–Kier alpha value is -2.28. The standard InChI is InChI=1S/C22H31N3O4/c1-3-11-24-12-9-16(10-13-24)22(4-2)20(26)25(21(27)23-22)14-17-15-28-18-7-5-6-8-19(18)29-17/h5-8,16-17H,3-4,9-15H2,1-2H3,(H,23,27). The second kappa shape index (κ2) is 8.22. The number of hydrogen-bond acceptors (Lipinski definition) is 5. The number of carbonyl (C=O) groups excluding carboxylic acids is 2. The lowest BCUT2D eigenvalue weighted by Crippen LogP contribution is -2.56. The number of likely N-dealkylation sites (tertiary alicyclic amines) is 1. The summed E-state index contributed by atoms with van der Waals surface area (Å²) in [6.45, 7) is 7.78. The van der Waals surface area contributed by atoms with Crippen LogP contribution in [0.3, 0.4) is 0 Å². The van der Waals surface area contributed by atoms with Crippen molar-refractivity contribution in [1.29, 1.82) is 0 Å². The van der Waals surface area contributed by atoms with Crippen LogP contribution >= 0.6 is 0 Å². The quantitative estimate of drug-likeness (QED) is 0.742. The Labute approximate surface area is 172 Å². The lowest BCUT2D eigenvalue weighted by atomic mass is 9.75. The van der Waals surface area contributed by atoms with Crippen molar-refractivity contribution in [3.63, 3.8) is 0 Å². The summed E-state index contributed by atoms with van der Waals surface area (Å²) in [5.74, 6) is 1.41. The Kier molecular flexibility index (Phi) is 5.67. The molecule has 158 valence electrons. The number of carbonyl (C=O) groups is 2. The molecule has 29 heavy (non-hydrogen) atoms. The largest absolute Gasteiger partial charge is 0.486 e. The van der Waals surface area contributed by atoms with Crippen molar-refractivity contribution >= 4 is 11.9 Å². The van der Waals surface area contributed by atoms with Crippen molar-refractivity contribution in [1.82, 2.24) is 15.1 Å². The van der Waals surface area contributed by atoms with Crippen LogP contribution in [0.1, 0.15) is 39.5 Å². The molecule has 2 unspecified atom stereocenters. The van der Waals surface area contributed by atoms with Gasteiger partial charge < -0.3 is 19.7 Å². The van der Waals surface area contributed by atoms with Crippen LogP contribution in [0.5, 0.6) is 11.5 Å². The van der Waals surface area contributed by atoms with Crippen LogP contribution in [0.15, 0.2) is 24.3 Å². The van der Waals surface area contributed by atoms with Gasteiger partial charge in [-0.2, -0.15) is 0 Å². The molecule has 3 aliphatic heterocycles. The second-order valence-corrected chi connectivity index (χ2v) is 8.28. The van der Waals surface area contributed by atoms with Gasteiger partial charge in [0.25, 0.3) is 5.91 Å². The summed E-state index contributed by atoms with van der Waals surface area (Å²) in [5.41, 5.74) is -0.789. The first-order valence-corrected chi connectivity index (χ1v) is 10.8. The van der Waals surface area contributed by atoms with E-state index in [9.17, 15) is 9.59 Å². The highest BCUT2D eigenvalue weighted by atomic mass is 16.6. The SMILES string of the molecule is CCCN1CCC(C2(CC)NC(=O)N(CC3COc4ccccc4O3)C2=O)CC1. The number of nitrogens with one attached hydrogen (secondary N) is 1. The summed E-state index contributed by atoms with van der Waals surface area (Å²) < 4.78 is 11.7. The molecular weight excluding hydrogens is 370 g/mol. The van der Waals surface area contributed by atoms with Crippen LogP contribution < -0.4 is 14.8 Å². The molecule has 3 heterocycles. The molecule has 2 saturated heterocycles. The summed E-state index contributed by atoms with van der Waals surface area (Å²) in [7, 11) is 0. The van der Waals surface area contributed by atoms with Gasteiger partial charge in [-0.25, -0.2) is 4.79 Å². The van der Waals surface area contributed by atoms with Gasteiger partial charge in [0.1, 0.15) is 12.1 Å². The summed E-state index contributed by atoms with van der Waals surface area (Å²) in [6.07, 6.45) is 3.25. The van der Waals surface area contributed by atoms with E-state index < -0.39 is 5.54 Å². The monoisotopic (exact) mass is 401 g/mol.